The number of aromatic nitrogens is 1. The maximum absolute atomic E-state index is 8.85. The van der Waals surface area contributed by atoms with Crippen molar-refractivity contribution in [1.29, 1.82) is 0 Å². The highest BCUT2D eigenvalue weighted by Gasteiger charge is 2.27. The molecule has 0 radical (unpaired) electrons. The Hall–Kier alpha value is -1.82. The van der Waals surface area contributed by atoms with E-state index < -0.39 is 0 Å². The largest absolute Gasteiger partial charge is 0.409 e. The van der Waals surface area contributed by atoms with E-state index in [9.17, 15) is 0 Å². The van der Waals surface area contributed by atoms with Gasteiger partial charge in [-0.3, -0.25) is 4.98 Å². The van der Waals surface area contributed by atoms with Crippen molar-refractivity contribution in [3.05, 3.63) is 24.0 Å². The predicted molar refractivity (Wildman–Crippen MR) is 73.5 cm³/mol. The number of amidine groups is 1. The van der Waals surface area contributed by atoms with E-state index in [4.69, 9.17) is 15.7 Å². The minimum Gasteiger partial charge on any atom is -0.409 e. The first-order valence-electron chi connectivity index (χ1n) is 6.37. The molecule has 1 aromatic heterocycles. The van der Waals surface area contributed by atoms with Crippen molar-refractivity contribution in [2.24, 2.45) is 16.8 Å². The zero-order chi connectivity index (χ0) is 13.8. The molecule has 0 aliphatic carbocycles. The minimum atomic E-state index is 0.102. The molecule has 6 nitrogen and oxygen atoms in total. The van der Waals surface area contributed by atoms with Gasteiger partial charge in [0, 0.05) is 32.0 Å². The SMILES string of the molecule is COC1CN(c2cnccc2/C(N)=N/O)CCC1C. The molecule has 1 fully saturated rings. The number of oxime groups is 1. The molecule has 2 unspecified atom stereocenters. The van der Waals surface area contributed by atoms with Crippen LogP contribution in [0.15, 0.2) is 23.6 Å². The molecule has 2 heterocycles. The molecule has 19 heavy (non-hydrogen) atoms. The molecule has 104 valence electrons. The van der Waals surface area contributed by atoms with Crippen molar-refractivity contribution < 1.29 is 9.94 Å². The number of nitrogens with two attached hydrogens (primary N) is 1. The van der Waals surface area contributed by atoms with Gasteiger partial charge in [0.2, 0.25) is 0 Å². The van der Waals surface area contributed by atoms with Crippen molar-refractivity contribution in [3.8, 4) is 0 Å². The fourth-order valence-electron chi connectivity index (χ4n) is 2.47. The lowest BCUT2D eigenvalue weighted by molar-refractivity contribution is 0.0498. The van der Waals surface area contributed by atoms with Crippen LogP contribution in [-0.2, 0) is 4.74 Å². The van der Waals surface area contributed by atoms with Crippen LogP contribution in [0.4, 0.5) is 5.69 Å². The highest BCUT2D eigenvalue weighted by atomic mass is 16.5. The Kier molecular flexibility index (Phi) is 4.21. The van der Waals surface area contributed by atoms with Crippen LogP contribution in [0.25, 0.3) is 0 Å². The molecule has 0 aromatic carbocycles. The smallest absolute Gasteiger partial charge is 0.172 e. The first-order valence-corrected chi connectivity index (χ1v) is 6.37. The molecular weight excluding hydrogens is 244 g/mol. The van der Waals surface area contributed by atoms with Crippen molar-refractivity contribution in [2.45, 2.75) is 19.4 Å². The monoisotopic (exact) mass is 264 g/mol. The first kappa shape index (κ1) is 13.6. The zero-order valence-electron chi connectivity index (χ0n) is 11.3. The molecule has 2 atom stereocenters. The minimum absolute atomic E-state index is 0.102. The Morgan fingerprint density at radius 1 is 1.63 bits per heavy atom. The van der Waals surface area contributed by atoms with E-state index in [-0.39, 0.29) is 11.9 Å². The summed E-state index contributed by atoms with van der Waals surface area (Å²) in [5, 5.41) is 11.9. The Labute approximate surface area is 112 Å². The van der Waals surface area contributed by atoms with Crippen molar-refractivity contribution in [2.75, 3.05) is 25.1 Å². The van der Waals surface area contributed by atoms with E-state index in [0.717, 1.165) is 25.2 Å². The maximum Gasteiger partial charge on any atom is 0.172 e. The standard InChI is InChI=1S/C13H20N4O2/c1-9-4-6-17(8-12(9)19-2)11-7-15-5-3-10(11)13(14)16-18/h3,5,7,9,12,18H,4,6,8H2,1-2H3,(H2,14,16). The lowest BCUT2D eigenvalue weighted by Gasteiger charge is -2.38. The average molecular weight is 264 g/mol. The van der Waals surface area contributed by atoms with Crippen LogP contribution in [0.5, 0.6) is 0 Å². The summed E-state index contributed by atoms with van der Waals surface area (Å²) in [6, 6.07) is 1.75. The molecule has 1 aliphatic rings. The van der Waals surface area contributed by atoms with Crippen LogP contribution in [0.3, 0.4) is 0 Å². The summed E-state index contributed by atoms with van der Waals surface area (Å²) in [5.74, 6) is 0.634. The van der Waals surface area contributed by atoms with Gasteiger partial charge < -0.3 is 20.6 Å². The molecule has 3 N–H and O–H groups in total. The number of hydrogen-bond acceptors (Lipinski definition) is 5. The number of piperidine rings is 1. The summed E-state index contributed by atoms with van der Waals surface area (Å²) >= 11 is 0. The van der Waals surface area contributed by atoms with E-state index in [0.29, 0.717) is 11.5 Å². The third kappa shape index (κ3) is 2.78. The summed E-state index contributed by atoms with van der Waals surface area (Å²) < 4.78 is 5.51. The topological polar surface area (TPSA) is 84.0 Å². The van der Waals surface area contributed by atoms with Crippen molar-refractivity contribution >= 4 is 11.5 Å². The van der Waals surface area contributed by atoms with Gasteiger partial charge in [0.1, 0.15) is 0 Å². The zero-order valence-corrected chi connectivity index (χ0v) is 11.3. The van der Waals surface area contributed by atoms with Gasteiger partial charge in [-0.2, -0.15) is 0 Å². The van der Waals surface area contributed by atoms with Gasteiger partial charge in [0.05, 0.1) is 18.0 Å². The van der Waals surface area contributed by atoms with E-state index >= 15 is 0 Å². The molecule has 0 bridgehead atoms. The molecule has 1 aliphatic heterocycles. The maximum atomic E-state index is 8.85. The highest BCUT2D eigenvalue weighted by Crippen LogP contribution is 2.26. The second-order valence-corrected chi connectivity index (χ2v) is 4.86. The molecule has 0 amide bonds. The number of rotatable bonds is 3. The molecule has 1 saturated heterocycles. The molecular formula is C13H20N4O2. The van der Waals surface area contributed by atoms with Gasteiger partial charge in [-0.15, -0.1) is 0 Å². The van der Waals surface area contributed by atoms with E-state index in [1.165, 1.54) is 0 Å². The Morgan fingerprint density at radius 2 is 2.42 bits per heavy atom. The molecule has 2 rings (SSSR count). The quantitative estimate of drug-likeness (QED) is 0.369. The summed E-state index contributed by atoms with van der Waals surface area (Å²) in [7, 11) is 1.73. The molecule has 0 spiro atoms. The normalized spacial score (nSPS) is 24.5. The number of nitrogens with zero attached hydrogens (tertiary/aromatic N) is 3. The third-order valence-corrected chi connectivity index (χ3v) is 3.72. The lowest BCUT2D eigenvalue weighted by Crippen LogP contribution is -2.44. The number of ether oxygens (including phenoxy) is 1. The van der Waals surface area contributed by atoms with Gasteiger partial charge in [0.15, 0.2) is 5.84 Å². The van der Waals surface area contributed by atoms with Gasteiger partial charge in [-0.1, -0.05) is 12.1 Å². The van der Waals surface area contributed by atoms with Gasteiger partial charge in [0.25, 0.3) is 0 Å². The number of hydrogen-bond donors (Lipinski definition) is 2. The van der Waals surface area contributed by atoms with Crippen LogP contribution >= 0.6 is 0 Å². The fourth-order valence-corrected chi connectivity index (χ4v) is 2.47. The van der Waals surface area contributed by atoms with Crippen LogP contribution in [0, 0.1) is 5.92 Å². The Balaban J connectivity index is 2.27. The van der Waals surface area contributed by atoms with E-state index in [1.54, 1.807) is 25.6 Å². The molecule has 0 saturated carbocycles. The first-order chi connectivity index (χ1) is 9.17. The van der Waals surface area contributed by atoms with Gasteiger partial charge in [-0.05, 0) is 18.4 Å². The van der Waals surface area contributed by atoms with E-state index in [1.807, 2.05) is 0 Å². The highest BCUT2D eigenvalue weighted by molar-refractivity contribution is 6.02. The summed E-state index contributed by atoms with van der Waals surface area (Å²) in [5.41, 5.74) is 7.29. The fraction of sp³-hybridized carbons (Fsp3) is 0.538. The van der Waals surface area contributed by atoms with Crippen LogP contribution in [-0.4, -0.2) is 42.3 Å². The van der Waals surface area contributed by atoms with E-state index in [2.05, 4.69) is 22.0 Å². The molecule has 1 aromatic rings. The molecule has 6 heteroatoms. The van der Waals surface area contributed by atoms with Crippen LogP contribution in [0.2, 0.25) is 0 Å². The number of anilines is 1. The summed E-state index contributed by atoms with van der Waals surface area (Å²) in [4.78, 5) is 6.31. The van der Waals surface area contributed by atoms with Crippen LogP contribution in [0.1, 0.15) is 18.9 Å². The summed E-state index contributed by atoms with van der Waals surface area (Å²) in [6.45, 7) is 3.90. The van der Waals surface area contributed by atoms with Gasteiger partial charge >= 0.3 is 0 Å². The van der Waals surface area contributed by atoms with Gasteiger partial charge in [-0.25, -0.2) is 0 Å². The summed E-state index contributed by atoms with van der Waals surface area (Å²) in [6.07, 6.45) is 4.62. The Morgan fingerprint density at radius 3 is 3.11 bits per heavy atom. The predicted octanol–water partition coefficient (Wildman–Crippen LogP) is 1.04. The van der Waals surface area contributed by atoms with Crippen molar-refractivity contribution in [3.63, 3.8) is 0 Å². The van der Waals surface area contributed by atoms with Crippen LogP contribution < -0.4 is 10.6 Å². The number of methoxy groups -OCH3 is 1. The number of pyridine rings is 1. The third-order valence-electron chi connectivity index (χ3n) is 3.72. The van der Waals surface area contributed by atoms with Crippen molar-refractivity contribution in [1.82, 2.24) is 4.98 Å². The Bertz CT molecular complexity index is 464. The lowest BCUT2D eigenvalue weighted by atomic mass is 9.95. The average Bonchev–Trinajstić information content (AvgIpc) is 2.47. The second-order valence-electron chi connectivity index (χ2n) is 4.86. The second kappa shape index (κ2) is 5.88.